The average Bonchev–Trinajstić information content (AvgIpc) is 3.26. The van der Waals surface area contributed by atoms with Crippen LogP contribution in [0.2, 0.25) is 5.02 Å². The number of anilines is 1. The van der Waals surface area contributed by atoms with E-state index < -0.39 is 0 Å². The van der Waals surface area contributed by atoms with Gasteiger partial charge in [-0.2, -0.15) is 9.78 Å². The van der Waals surface area contributed by atoms with Gasteiger partial charge in [-0.1, -0.05) is 23.7 Å². The maximum absolute atomic E-state index is 13.5. The Morgan fingerprint density at radius 2 is 1.89 bits per heavy atom. The molecule has 182 valence electrons. The third-order valence-corrected chi connectivity index (χ3v) is 5.88. The minimum Gasteiger partial charge on any atom is -0.490 e. The highest BCUT2D eigenvalue weighted by Gasteiger charge is 2.17. The summed E-state index contributed by atoms with van der Waals surface area (Å²) in [6, 6.07) is 20.2. The molecule has 0 saturated carbocycles. The van der Waals surface area contributed by atoms with Gasteiger partial charge < -0.3 is 14.1 Å². The van der Waals surface area contributed by atoms with Gasteiger partial charge in [0.05, 0.1) is 23.2 Å². The van der Waals surface area contributed by atoms with Crippen LogP contribution in [0.5, 0.6) is 5.75 Å². The molecule has 0 unspecified atom stereocenters. The molecule has 0 fully saturated rings. The van der Waals surface area contributed by atoms with Gasteiger partial charge in [-0.05, 0) is 62.4 Å². The first-order valence-electron chi connectivity index (χ1n) is 11.5. The number of rotatable bonds is 6. The molecule has 0 aliphatic carbocycles. The first-order valence-corrected chi connectivity index (χ1v) is 11.9. The molecule has 0 N–H and O–H groups in total. The summed E-state index contributed by atoms with van der Waals surface area (Å²) in [5, 5.41) is 6.43. The number of halogens is 1. The molecule has 0 spiro atoms. The van der Waals surface area contributed by atoms with Gasteiger partial charge in [-0.25, -0.2) is 4.98 Å². The first-order chi connectivity index (χ1) is 17.3. The molecular weight excluding hydrogens is 476 g/mol. The summed E-state index contributed by atoms with van der Waals surface area (Å²) in [4.78, 5) is 20.3. The zero-order valence-electron chi connectivity index (χ0n) is 20.4. The Morgan fingerprint density at radius 1 is 1.08 bits per heavy atom. The number of aromatic nitrogens is 2. The van der Waals surface area contributed by atoms with E-state index in [1.165, 1.54) is 4.68 Å². The van der Waals surface area contributed by atoms with E-state index in [1.807, 2.05) is 63.2 Å². The predicted octanol–water partition coefficient (Wildman–Crippen LogP) is 6.20. The Morgan fingerprint density at radius 3 is 2.67 bits per heavy atom. The number of furan rings is 1. The van der Waals surface area contributed by atoms with Gasteiger partial charge >= 0.3 is 0 Å². The maximum atomic E-state index is 13.5. The predicted molar refractivity (Wildman–Crippen MR) is 146 cm³/mol. The molecule has 0 radical (unpaired) electrons. The van der Waals surface area contributed by atoms with Crippen LogP contribution in [0.4, 0.5) is 5.69 Å². The van der Waals surface area contributed by atoms with E-state index in [1.54, 1.807) is 42.6 Å². The van der Waals surface area contributed by atoms with Gasteiger partial charge in [0.15, 0.2) is 5.76 Å². The highest BCUT2D eigenvalue weighted by Crippen LogP contribution is 2.29. The fraction of sp³-hybridized carbons (Fsp3) is 0.179. The highest BCUT2D eigenvalue weighted by atomic mass is 35.5. The minimum atomic E-state index is -0.304. The zero-order valence-corrected chi connectivity index (χ0v) is 21.2. The largest absolute Gasteiger partial charge is 0.490 e. The number of hydrogen-bond donors (Lipinski definition) is 0. The van der Waals surface area contributed by atoms with Crippen LogP contribution < -0.4 is 15.2 Å². The van der Waals surface area contributed by atoms with Gasteiger partial charge in [0.2, 0.25) is 5.82 Å². The second-order valence-electron chi connectivity index (χ2n) is 8.89. The Kier molecular flexibility index (Phi) is 6.24. The topological polar surface area (TPSA) is 72.9 Å². The molecule has 2 aromatic heterocycles. The van der Waals surface area contributed by atoms with Crippen LogP contribution in [0, 0.1) is 0 Å². The van der Waals surface area contributed by atoms with Crippen LogP contribution in [0.25, 0.3) is 33.5 Å². The third-order valence-electron chi connectivity index (χ3n) is 5.64. The third kappa shape index (κ3) is 4.57. The summed E-state index contributed by atoms with van der Waals surface area (Å²) in [7, 11) is 3.94. The Labute approximate surface area is 213 Å². The summed E-state index contributed by atoms with van der Waals surface area (Å²) < 4.78 is 13.3. The quantitative estimate of drug-likeness (QED) is 0.259. The lowest BCUT2D eigenvalue weighted by atomic mass is 10.2. The standard InChI is InChI=1S/C28H25ClN4O3/c1-17(2)35-25-15-21(32(3)4)11-9-18(25)16-30-33-27(31-23-8-6-5-7-22(23)28(33)34)26-14-19-13-20(29)10-12-24(19)36-26/h5-17H,1-4H3. The average molecular weight is 501 g/mol. The molecule has 5 rings (SSSR count). The van der Waals surface area contributed by atoms with E-state index in [2.05, 4.69) is 5.10 Å². The van der Waals surface area contributed by atoms with E-state index in [4.69, 9.17) is 25.7 Å². The van der Waals surface area contributed by atoms with Crippen molar-refractivity contribution in [1.29, 1.82) is 0 Å². The first kappa shape index (κ1) is 23.6. The van der Waals surface area contributed by atoms with Gasteiger partial charge in [0.25, 0.3) is 5.56 Å². The molecule has 2 heterocycles. The van der Waals surface area contributed by atoms with Crippen LogP contribution in [-0.2, 0) is 0 Å². The minimum absolute atomic E-state index is 0.0300. The summed E-state index contributed by atoms with van der Waals surface area (Å²) in [6.07, 6.45) is 1.58. The zero-order chi connectivity index (χ0) is 25.4. The lowest BCUT2D eigenvalue weighted by Crippen LogP contribution is -2.20. The number of ether oxygens (including phenoxy) is 1. The van der Waals surface area contributed by atoms with Crippen molar-refractivity contribution in [2.75, 3.05) is 19.0 Å². The van der Waals surface area contributed by atoms with Crippen molar-refractivity contribution in [3.05, 3.63) is 87.7 Å². The van der Waals surface area contributed by atoms with Crippen molar-refractivity contribution in [3.63, 3.8) is 0 Å². The molecule has 0 saturated heterocycles. The Balaban J connectivity index is 1.69. The smallest absolute Gasteiger partial charge is 0.282 e. The Hall–Kier alpha value is -4.10. The fourth-order valence-electron chi connectivity index (χ4n) is 3.90. The lowest BCUT2D eigenvalue weighted by molar-refractivity contribution is 0.242. The van der Waals surface area contributed by atoms with Crippen molar-refractivity contribution >= 4 is 45.4 Å². The van der Waals surface area contributed by atoms with E-state index in [-0.39, 0.29) is 11.7 Å². The van der Waals surface area contributed by atoms with Crippen molar-refractivity contribution in [2.45, 2.75) is 20.0 Å². The summed E-state index contributed by atoms with van der Waals surface area (Å²) in [5.74, 6) is 1.37. The molecule has 7 nitrogen and oxygen atoms in total. The lowest BCUT2D eigenvalue weighted by Gasteiger charge is -2.17. The summed E-state index contributed by atoms with van der Waals surface area (Å²) in [5.41, 5.74) is 2.62. The maximum Gasteiger partial charge on any atom is 0.282 e. The number of para-hydroxylation sites is 1. The number of benzene rings is 3. The van der Waals surface area contributed by atoms with E-state index in [0.29, 0.717) is 38.8 Å². The van der Waals surface area contributed by atoms with Crippen LogP contribution in [0.1, 0.15) is 19.4 Å². The molecule has 5 aromatic rings. The van der Waals surface area contributed by atoms with E-state index in [0.717, 1.165) is 16.6 Å². The second-order valence-corrected chi connectivity index (χ2v) is 9.33. The van der Waals surface area contributed by atoms with Crippen molar-refractivity contribution < 1.29 is 9.15 Å². The van der Waals surface area contributed by atoms with Crippen molar-refractivity contribution in [1.82, 2.24) is 9.66 Å². The van der Waals surface area contributed by atoms with Crippen molar-refractivity contribution in [3.8, 4) is 17.3 Å². The second kappa shape index (κ2) is 9.51. The molecule has 0 aliphatic rings. The Bertz CT molecular complexity index is 1670. The van der Waals surface area contributed by atoms with Gasteiger partial charge in [-0.3, -0.25) is 4.79 Å². The van der Waals surface area contributed by atoms with Crippen LogP contribution in [-0.4, -0.2) is 36.1 Å². The summed E-state index contributed by atoms with van der Waals surface area (Å²) in [6.45, 7) is 3.93. The fourth-order valence-corrected chi connectivity index (χ4v) is 4.08. The van der Waals surface area contributed by atoms with Gasteiger partial charge in [0.1, 0.15) is 11.3 Å². The number of nitrogens with zero attached hydrogens (tertiary/aromatic N) is 4. The molecule has 8 heteroatoms. The molecule has 3 aromatic carbocycles. The SMILES string of the molecule is CC(C)Oc1cc(N(C)C)ccc1C=Nn1c(-c2cc3cc(Cl)ccc3o2)nc2ccccc2c1=O. The molecule has 36 heavy (non-hydrogen) atoms. The molecule has 0 aliphatic heterocycles. The van der Waals surface area contributed by atoms with E-state index in [9.17, 15) is 4.79 Å². The van der Waals surface area contributed by atoms with E-state index >= 15 is 0 Å². The van der Waals surface area contributed by atoms with Crippen LogP contribution in [0.15, 0.2) is 81.0 Å². The van der Waals surface area contributed by atoms with Crippen LogP contribution >= 0.6 is 11.6 Å². The molecule has 0 amide bonds. The van der Waals surface area contributed by atoms with Gasteiger partial charge in [0, 0.05) is 41.8 Å². The molecule has 0 bridgehead atoms. The van der Waals surface area contributed by atoms with Crippen molar-refractivity contribution in [2.24, 2.45) is 5.10 Å². The number of fused-ring (bicyclic) bond motifs is 2. The van der Waals surface area contributed by atoms with Gasteiger partial charge in [-0.15, -0.1) is 0 Å². The number of hydrogen-bond acceptors (Lipinski definition) is 6. The molecule has 0 atom stereocenters. The summed E-state index contributed by atoms with van der Waals surface area (Å²) >= 11 is 6.16. The normalized spacial score (nSPS) is 11.7. The monoisotopic (exact) mass is 500 g/mol. The molecular formula is C28H25ClN4O3. The highest BCUT2D eigenvalue weighted by molar-refractivity contribution is 6.31. The van der Waals surface area contributed by atoms with Crippen LogP contribution in [0.3, 0.4) is 0 Å².